The van der Waals surface area contributed by atoms with Gasteiger partial charge in [-0.15, -0.1) is 0 Å². The summed E-state index contributed by atoms with van der Waals surface area (Å²) >= 11 is 0. The van der Waals surface area contributed by atoms with E-state index >= 15 is 0 Å². The highest BCUT2D eigenvalue weighted by molar-refractivity contribution is 5.93. The first-order valence-electron chi connectivity index (χ1n) is 11.7. The molecule has 10 heteroatoms. The van der Waals surface area contributed by atoms with Gasteiger partial charge in [-0.05, 0) is 18.1 Å². The Morgan fingerprint density at radius 3 is 2.69 bits per heavy atom. The molecule has 1 aliphatic heterocycles. The second-order valence-electron chi connectivity index (χ2n) is 8.33. The average molecular weight is 495 g/mol. The fourth-order valence-corrected chi connectivity index (χ4v) is 4.26. The van der Waals surface area contributed by atoms with Crippen LogP contribution in [-0.4, -0.2) is 58.1 Å². The van der Waals surface area contributed by atoms with Gasteiger partial charge in [-0.3, -0.25) is 19.6 Å². The van der Waals surface area contributed by atoms with Crippen LogP contribution in [0.2, 0.25) is 0 Å². The van der Waals surface area contributed by atoms with Gasteiger partial charge in [-0.2, -0.15) is 0 Å². The van der Waals surface area contributed by atoms with Crippen LogP contribution in [0.3, 0.4) is 0 Å². The van der Waals surface area contributed by atoms with Gasteiger partial charge in [0.05, 0.1) is 19.4 Å². The quantitative estimate of drug-likeness (QED) is 0.442. The molecule has 0 atom stereocenters. The third-order valence-electron chi connectivity index (χ3n) is 6.13. The highest BCUT2D eigenvalue weighted by Gasteiger charge is 2.27. The predicted octanol–water partition coefficient (Wildman–Crippen LogP) is 2.20. The van der Waals surface area contributed by atoms with Crippen LogP contribution in [0.15, 0.2) is 53.7 Å². The minimum atomic E-state index is -0.637. The van der Waals surface area contributed by atoms with Gasteiger partial charge in [0.2, 0.25) is 5.91 Å². The van der Waals surface area contributed by atoms with Crippen LogP contribution in [0.4, 0.5) is 4.39 Å². The first kappa shape index (κ1) is 25.0. The molecule has 0 radical (unpaired) electrons. The first-order chi connectivity index (χ1) is 17.5. The van der Waals surface area contributed by atoms with Gasteiger partial charge in [-0.1, -0.05) is 18.2 Å². The van der Waals surface area contributed by atoms with Gasteiger partial charge in [0, 0.05) is 69.2 Å². The first-order valence-corrected chi connectivity index (χ1v) is 11.7. The van der Waals surface area contributed by atoms with Crippen molar-refractivity contribution in [3.05, 3.63) is 87.6 Å². The lowest BCUT2D eigenvalue weighted by molar-refractivity contribution is -0.131. The largest absolute Gasteiger partial charge is 0.492 e. The topological polar surface area (TPSA) is 104 Å². The summed E-state index contributed by atoms with van der Waals surface area (Å²) in [6.07, 6.45) is 6.05. The number of ether oxygens (including phenoxy) is 2. The number of hydrogen-bond donors (Lipinski definition) is 0. The summed E-state index contributed by atoms with van der Waals surface area (Å²) in [5.74, 6) is -0.957. The monoisotopic (exact) mass is 494 g/mol. The molecule has 36 heavy (non-hydrogen) atoms. The number of amides is 1. The second kappa shape index (κ2) is 11.6. The highest BCUT2D eigenvalue weighted by atomic mass is 19.1. The Kier molecular flexibility index (Phi) is 8.04. The van der Waals surface area contributed by atoms with Gasteiger partial charge in [-0.25, -0.2) is 9.18 Å². The fraction of sp³-hybridized carbons (Fsp3) is 0.346. The zero-order valence-electron chi connectivity index (χ0n) is 20.0. The Morgan fingerprint density at radius 2 is 1.94 bits per heavy atom. The van der Waals surface area contributed by atoms with E-state index in [1.807, 2.05) is 0 Å². The van der Waals surface area contributed by atoms with Crippen molar-refractivity contribution in [2.75, 3.05) is 26.8 Å². The standard InChI is InChI=1S/C26H27FN4O5/c1-35-26(34)25-21-8-12-30(23(32)7-6-19-17-28-10-11-29-19)13-14-31(21)24(33)16-22(25)36-15-9-18-4-2-3-5-20(18)27/h2-5,10-11,16-17H,6-9,12-15H2,1H3. The Morgan fingerprint density at radius 1 is 1.11 bits per heavy atom. The number of aryl methyl sites for hydroxylation is 1. The van der Waals surface area contributed by atoms with Crippen molar-refractivity contribution in [3.8, 4) is 5.75 Å². The van der Waals surface area contributed by atoms with E-state index in [9.17, 15) is 18.8 Å². The lowest BCUT2D eigenvalue weighted by atomic mass is 10.1. The molecule has 3 heterocycles. The van der Waals surface area contributed by atoms with Crippen LogP contribution < -0.4 is 10.3 Å². The van der Waals surface area contributed by atoms with Gasteiger partial charge >= 0.3 is 5.97 Å². The number of carbonyl (C=O) groups is 2. The Hall–Kier alpha value is -4.08. The molecule has 3 aromatic rings. The molecule has 0 saturated heterocycles. The van der Waals surface area contributed by atoms with Crippen LogP contribution in [0.5, 0.6) is 5.75 Å². The molecule has 1 aromatic carbocycles. The molecule has 0 N–H and O–H groups in total. The second-order valence-corrected chi connectivity index (χ2v) is 8.33. The fourth-order valence-electron chi connectivity index (χ4n) is 4.26. The van der Waals surface area contributed by atoms with E-state index in [4.69, 9.17) is 9.47 Å². The average Bonchev–Trinajstić information content (AvgIpc) is 3.12. The molecule has 1 amide bonds. The SMILES string of the molecule is COC(=O)c1c(OCCc2ccccc2F)cc(=O)n2c1CCN(C(=O)CCc1cnccn1)CC2. The number of fused-ring (bicyclic) bond motifs is 1. The van der Waals surface area contributed by atoms with E-state index in [1.54, 1.807) is 41.7 Å². The minimum Gasteiger partial charge on any atom is -0.492 e. The Labute approximate surface area is 207 Å². The lowest BCUT2D eigenvalue weighted by Gasteiger charge is -2.19. The molecule has 4 rings (SSSR count). The van der Waals surface area contributed by atoms with Gasteiger partial charge in [0.15, 0.2) is 0 Å². The molecule has 0 aliphatic carbocycles. The summed E-state index contributed by atoms with van der Waals surface area (Å²) in [4.78, 5) is 48.4. The minimum absolute atomic E-state index is 0.0671. The number of aromatic nitrogens is 3. The molecule has 9 nitrogen and oxygen atoms in total. The van der Waals surface area contributed by atoms with E-state index in [0.29, 0.717) is 30.8 Å². The number of nitrogens with zero attached hydrogens (tertiary/aromatic N) is 4. The lowest BCUT2D eigenvalue weighted by Crippen LogP contribution is -2.34. The van der Waals surface area contributed by atoms with Gasteiger partial charge < -0.3 is 18.9 Å². The van der Waals surface area contributed by atoms with E-state index in [0.717, 1.165) is 5.69 Å². The number of halogens is 1. The van der Waals surface area contributed by atoms with Crippen LogP contribution in [0, 0.1) is 5.82 Å². The Balaban J connectivity index is 1.50. The number of esters is 1. The number of benzene rings is 1. The summed E-state index contributed by atoms with van der Waals surface area (Å²) in [6, 6.07) is 7.61. The predicted molar refractivity (Wildman–Crippen MR) is 128 cm³/mol. The van der Waals surface area contributed by atoms with E-state index < -0.39 is 5.97 Å². The van der Waals surface area contributed by atoms with E-state index in [-0.39, 0.29) is 61.0 Å². The normalized spacial score (nSPS) is 13.0. The molecular weight excluding hydrogens is 467 g/mol. The summed E-state index contributed by atoms with van der Waals surface area (Å²) in [7, 11) is 1.26. The van der Waals surface area contributed by atoms with Crippen LogP contribution in [0.25, 0.3) is 0 Å². The summed E-state index contributed by atoms with van der Waals surface area (Å²) < 4.78 is 26.2. The van der Waals surface area contributed by atoms with E-state index in [1.165, 1.54) is 23.8 Å². The van der Waals surface area contributed by atoms with Gasteiger partial charge in [0.1, 0.15) is 17.1 Å². The molecule has 188 valence electrons. The maximum Gasteiger partial charge on any atom is 0.343 e. The van der Waals surface area contributed by atoms with Crippen molar-refractivity contribution in [1.29, 1.82) is 0 Å². The van der Waals surface area contributed by atoms with Gasteiger partial charge in [0.25, 0.3) is 5.56 Å². The number of carbonyl (C=O) groups excluding carboxylic acids is 2. The highest BCUT2D eigenvalue weighted by Crippen LogP contribution is 2.24. The van der Waals surface area contributed by atoms with Crippen LogP contribution in [0.1, 0.15) is 33.7 Å². The zero-order valence-corrected chi connectivity index (χ0v) is 20.0. The number of pyridine rings is 1. The number of hydrogen-bond acceptors (Lipinski definition) is 7. The van der Waals surface area contributed by atoms with Crippen molar-refractivity contribution in [1.82, 2.24) is 19.4 Å². The smallest absolute Gasteiger partial charge is 0.343 e. The van der Waals surface area contributed by atoms with Crippen molar-refractivity contribution >= 4 is 11.9 Å². The maximum absolute atomic E-state index is 13.9. The molecule has 2 aromatic heterocycles. The molecule has 0 bridgehead atoms. The molecule has 0 saturated carbocycles. The Bertz CT molecular complexity index is 1300. The molecule has 0 fully saturated rings. The maximum atomic E-state index is 13.9. The molecule has 1 aliphatic rings. The number of methoxy groups -OCH3 is 1. The van der Waals surface area contributed by atoms with Crippen LogP contribution in [-0.2, 0) is 35.3 Å². The number of rotatable bonds is 8. The summed E-state index contributed by atoms with van der Waals surface area (Å²) in [5, 5.41) is 0. The van der Waals surface area contributed by atoms with Crippen molar-refractivity contribution in [2.45, 2.75) is 32.2 Å². The molecular formula is C26H27FN4O5. The zero-order chi connectivity index (χ0) is 25.5. The van der Waals surface area contributed by atoms with Crippen LogP contribution >= 0.6 is 0 Å². The summed E-state index contributed by atoms with van der Waals surface area (Å²) in [5.41, 5.74) is 1.47. The third-order valence-corrected chi connectivity index (χ3v) is 6.13. The van der Waals surface area contributed by atoms with Crippen molar-refractivity contribution < 1.29 is 23.5 Å². The third kappa shape index (κ3) is 5.76. The molecule has 0 unspecified atom stereocenters. The molecule has 0 spiro atoms. The van der Waals surface area contributed by atoms with Crippen molar-refractivity contribution in [2.24, 2.45) is 0 Å². The van der Waals surface area contributed by atoms with Crippen molar-refractivity contribution in [3.63, 3.8) is 0 Å². The summed E-state index contributed by atoms with van der Waals surface area (Å²) in [6.45, 7) is 0.979. The van der Waals surface area contributed by atoms with E-state index in [2.05, 4.69) is 9.97 Å².